The normalized spacial score (nSPS) is 19.8. The van der Waals surface area contributed by atoms with Crippen molar-refractivity contribution in [2.75, 3.05) is 13.1 Å². The highest BCUT2D eigenvalue weighted by atomic mass is 35.5. The van der Waals surface area contributed by atoms with Crippen LogP contribution in [0, 0.1) is 12.8 Å². The quantitative estimate of drug-likeness (QED) is 0.899. The number of nitrogens with zero attached hydrogens (tertiary/aromatic N) is 1. The molecule has 7 heteroatoms. The maximum atomic E-state index is 12.6. The van der Waals surface area contributed by atoms with Crippen molar-refractivity contribution in [3.05, 3.63) is 28.8 Å². The fraction of sp³-hybridized carbons (Fsp3) is 0.500. The van der Waals surface area contributed by atoms with Crippen molar-refractivity contribution in [1.29, 1.82) is 0 Å². The smallest absolute Gasteiger partial charge is 0.303 e. The molecule has 1 aliphatic heterocycles. The summed E-state index contributed by atoms with van der Waals surface area (Å²) in [5, 5.41) is 8.92. The first-order chi connectivity index (χ1) is 9.80. The van der Waals surface area contributed by atoms with E-state index in [-0.39, 0.29) is 22.3 Å². The van der Waals surface area contributed by atoms with Crippen molar-refractivity contribution < 1.29 is 18.3 Å². The molecule has 1 fully saturated rings. The van der Waals surface area contributed by atoms with Gasteiger partial charge in [0.2, 0.25) is 10.0 Å². The van der Waals surface area contributed by atoms with Crippen LogP contribution in [0.1, 0.15) is 24.8 Å². The molecule has 2 rings (SSSR count). The summed E-state index contributed by atoms with van der Waals surface area (Å²) in [7, 11) is -3.60. The van der Waals surface area contributed by atoms with Crippen LogP contribution in [0.2, 0.25) is 5.02 Å². The maximum absolute atomic E-state index is 12.6. The largest absolute Gasteiger partial charge is 0.481 e. The van der Waals surface area contributed by atoms with Crippen LogP contribution >= 0.6 is 11.6 Å². The summed E-state index contributed by atoms with van der Waals surface area (Å²) in [6, 6.07) is 4.88. The number of hydrogen-bond acceptors (Lipinski definition) is 3. The topological polar surface area (TPSA) is 74.7 Å². The highest BCUT2D eigenvalue weighted by Gasteiger charge is 2.33. The van der Waals surface area contributed by atoms with Crippen molar-refractivity contribution >= 4 is 27.6 Å². The van der Waals surface area contributed by atoms with Crippen molar-refractivity contribution in [3.8, 4) is 0 Å². The highest BCUT2D eigenvalue weighted by Crippen LogP contribution is 2.30. The third kappa shape index (κ3) is 3.75. The zero-order valence-electron chi connectivity index (χ0n) is 11.8. The van der Waals surface area contributed by atoms with Gasteiger partial charge in [-0.1, -0.05) is 17.7 Å². The lowest BCUT2D eigenvalue weighted by molar-refractivity contribution is -0.137. The van der Waals surface area contributed by atoms with Gasteiger partial charge in [-0.25, -0.2) is 8.42 Å². The van der Waals surface area contributed by atoms with Gasteiger partial charge in [0.05, 0.1) is 5.02 Å². The van der Waals surface area contributed by atoms with E-state index in [0.717, 1.165) is 5.56 Å². The van der Waals surface area contributed by atoms with Crippen molar-refractivity contribution in [1.82, 2.24) is 4.31 Å². The molecule has 0 aliphatic carbocycles. The van der Waals surface area contributed by atoms with Gasteiger partial charge < -0.3 is 5.11 Å². The Labute approximate surface area is 129 Å². The molecular formula is C14H18ClNO4S. The minimum atomic E-state index is -3.60. The Bertz CT molecular complexity index is 644. The van der Waals surface area contributed by atoms with Crippen LogP contribution < -0.4 is 0 Å². The molecule has 1 aromatic carbocycles. The zero-order chi connectivity index (χ0) is 15.6. The molecule has 0 aromatic heterocycles. The second kappa shape index (κ2) is 6.34. The van der Waals surface area contributed by atoms with Gasteiger partial charge in [0.1, 0.15) is 4.90 Å². The standard InChI is InChI=1S/C14H18ClNO4S/c1-10-2-4-13(12(15)8-10)21(19,20)16-7-6-11(9-16)3-5-14(17)18/h2,4,8,11H,3,5-7,9H2,1H3,(H,17,18). The summed E-state index contributed by atoms with van der Waals surface area (Å²) in [5.74, 6) is -0.752. The van der Waals surface area contributed by atoms with Crippen LogP contribution in [-0.4, -0.2) is 36.9 Å². The number of carboxylic acid groups (broad SMARTS) is 1. The molecule has 21 heavy (non-hydrogen) atoms. The summed E-state index contributed by atoms with van der Waals surface area (Å²) in [6.45, 7) is 2.62. The number of aryl methyl sites for hydroxylation is 1. The van der Waals surface area contributed by atoms with Gasteiger partial charge in [0.25, 0.3) is 0 Å². The highest BCUT2D eigenvalue weighted by molar-refractivity contribution is 7.89. The van der Waals surface area contributed by atoms with E-state index in [1.54, 1.807) is 12.1 Å². The van der Waals surface area contributed by atoms with Gasteiger partial charge in [0, 0.05) is 19.5 Å². The second-order valence-electron chi connectivity index (χ2n) is 5.38. The molecule has 0 spiro atoms. The monoisotopic (exact) mass is 331 g/mol. The van der Waals surface area contributed by atoms with Gasteiger partial charge >= 0.3 is 5.97 Å². The molecular weight excluding hydrogens is 314 g/mol. The zero-order valence-corrected chi connectivity index (χ0v) is 13.3. The number of sulfonamides is 1. The third-order valence-corrected chi connectivity index (χ3v) is 6.07. The predicted octanol–water partition coefficient (Wildman–Crippen LogP) is 2.52. The van der Waals surface area contributed by atoms with E-state index in [0.29, 0.717) is 25.9 Å². The van der Waals surface area contributed by atoms with Crippen molar-refractivity contribution in [2.45, 2.75) is 31.1 Å². The minimum Gasteiger partial charge on any atom is -0.481 e. The number of rotatable bonds is 5. The average molecular weight is 332 g/mol. The molecule has 1 aliphatic rings. The van der Waals surface area contributed by atoms with E-state index in [2.05, 4.69) is 0 Å². The van der Waals surface area contributed by atoms with E-state index in [9.17, 15) is 13.2 Å². The van der Waals surface area contributed by atoms with Gasteiger partial charge in [-0.15, -0.1) is 0 Å². The molecule has 116 valence electrons. The maximum Gasteiger partial charge on any atom is 0.303 e. The average Bonchev–Trinajstić information content (AvgIpc) is 2.85. The van der Waals surface area contributed by atoms with Gasteiger partial charge in [-0.2, -0.15) is 4.31 Å². The van der Waals surface area contributed by atoms with Crippen molar-refractivity contribution in [3.63, 3.8) is 0 Å². The Morgan fingerprint density at radius 2 is 2.19 bits per heavy atom. The Kier molecular flexibility index (Phi) is 4.91. The summed E-state index contributed by atoms with van der Waals surface area (Å²) in [4.78, 5) is 10.7. The number of carboxylic acids is 1. The van der Waals surface area contributed by atoms with E-state index >= 15 is 0 Å². The van der Waals surface area contributed by atoms with E-state index in [1.807, 2.05) is 6.92 Å². The SMILES string of the molecule is Cc1ccc(S(=O)(=O)N2CCC(CCC(=O)O)C2)c(Cl)c1. The van der Waals surface area contributed by atoms with Gasteiger partial charge in [-0.05, 0) is 43.4 Å². The Hall–Kier alpha value is -1.11. The van der Waals surface area contributed by atoms with Crippen LogP contribution in [0.25, 0.3) is 0 Å². The van der Waals surface area contributed by atoms with Crippen LogP contribution in [-0.2, 0) is 14.8 Å². The lowest BCUT2D eigenvalue weighted by Crippen LogP contribution is -2.29. The Morgan fingerprint density at radius 3 is 2.81 bits per heavy atom. The summed E-state index contributed by atoms with van der Waals surface area (Å²) < 4.78 is 26.5. The summed E-state index contributed by atoms with van der Waals surface area (Å²) >= 11 is 6.05. The Morgan fingerprint density at radius 1 is 1.48 bits per heavy atom. The van der Waals surface area contributed by atoms with Crippen LogP contribution in [0.3, 0.4) is 0 Å². The number of aliphatic carboxylic acids is 1. The number of carbonyl (C=O) groups is 1. The number of hydrogen-bond donors (Lipinski definition) is 1. The molecule has 0 amide bonds. The molecule has 1 saturated heterocycles. The number of halogens is 1. The lowest BCUT2D eigenvalue weighted by Gasteiger charge is -2.17. The third-order valence-electron chi connectivity index (χ3n) is 3.72. The minimum absolute atomic E-state index is 0.0733. The van der Waals surface area contributed by atoms with Crippen molar-refractivity contribution in [2.24, 2.45) is 5.92 Å². The molecule has 1 heterocycles. The van der Waals surface area contributed by atoms with Crippen LogP contribution in [0.5, 0.6) is 0 Å². The van der Waals surface area contributed by atoms with E-state index in [1.165, 1.54) is 10.4 Å². The fourth-order valence-corrected chi connectivity index (χ4v) is 4.64. The first-order valence-electron chi connectivity index (χ1n) is 6.79. The fourth-order valence-electron chi connectivity index (χ4n) is 2.53. The predicted molar refractivity (Wildman–Crippen MR) is 79.9 cm³/mol. The molecule has 5 nitrogen and oxygen atoms in total. The Balaban J connectivity index is 2.12. The van der Waals surface area contributed by atoms with E-state index in [4.69, 9.17) is 16.7 Å². The first kappa shape index (κ1) is 16.3. The molecule has 0 radical (unpaired) electrons. The second-order valence-corrected chi connectivity index (χ2v) is 7.70. The summed E-state index contributed by atoms with van der Waals surface area (Å²) in [5.41, 5.74) is 0.903. The van der Waals surface area contributed by atoms with E-state index < -0.39 is 16.0 Å². The van der Waals surface area contributed by atoms with Gasteiger partial charge in [-0.3, -0.25) is 4.79 Å². The molecule has 0 saturated carbocycles. The first-order valence-corrected chi connectivity index (χ1v) is 8.60. The molecule has 1 unspecified atom stereocenters. The van der Waals surface area contributed by atoms with Crippen LogP contribution in [0.4, 0.5) is 0 Å². The molecule has 1 aromatic rings. The molecule has 0 bridgehead atoms. The van der Waals surface area contributed by atoms with Gasteiger partial charge in [0.15, 0.2) is 0 Å². The summed E-state index contributed by atoms with van der Waals surface area (Å²) in [6.07, 6.45) is 1.27. The number of benzene rings is 1. The molecule has 1 atom stereocenters. The van der Waals surface area contributed by atoms with Crippen LogP contribution in [0.15, 0.2) is 23.1 Å². The molecule has 1 N–H and O–H groups in total. The lowest BCUT2D eigenvalue weighted by atomic mass is 10.0.